The summed E-state index contributed by atoms with van der Waals surface area (Å²) in [6.45, 7) is 10.2. The molecule has 2 N–H and O–H groups in total. The molecule has 1 aromatic heterocycles. The summed E-state index contributed by atoms with van der Waals surface area (Å²) in [7, 11) is 0. The van der Waals surface area contributed by atoms with Crippen LogP contribution in [0.15, 0.2) is 30.3 Å². The second-order valence-electron chi connectivity index (χ2n) is 10.5. The van der Waals surface area contributed by atoms with Gasteiger partial charge in [-0.15, -0.1) is 0 Å². The maximum atomic E-state index is 11.1. The topological polar surface area (TPSA) is 75.5 Å². The van der Waals surface area contributed by atoms with E-state index in [0.29, 0.717) is 17.4 Å². The second-order valence-corrected chi connectivity index (χ2v) is 10.5. The Hall–Kier alpha value is -3.01. The Balaban J connectivity index is 1.31. The van der Waals surface area contributed by atoms with Crippen molar-refractivity contribution in [3.8, 4) is 11.8 Å². The van der Waals surface area contributed by atoms with Gasteiger partial charge in [0.2, 0.25) is 0 Å². The average molecular weight is 457 g/mol. The van der Waals surface area contributed by atoms with Crippen LogP contribution in [0, 0.1) is 11.3 Å². The van der Waals surface area contributed by atoms with E-state index in [0.717, 1.165) is 69.9 Å². The number of aromatic amines is 1. The van der Waals surface area contributed by atoms with Crippen LogP contribution in [0.1, 0.15) is 54.6 Å². The molecule has 3 aliphatic rings. The Morgan fingerprint density at radius 1 is 1.09 bits per heavy atom. The van der Waals surface area contributed by atoms with Crippen molar-refractivity contribution in [1.29, 1.82) is 5.26 Å². The van der Waals surface area contributed by atoms with Gasteiger partial charge in [0.15, 0.2) is 0 Å². The molecule has 2 fully saturated rings. The first kappa shape index (κ1) is 21.5. The number of aromatic nitrogens is 1. The molecule has 0 radical (unpaired) electrons. The summed E-state index contributed by atoms with van der Waals surface area (Å²) in [5.41, 5.74) is 7.37. The lowest BCUT2D eigenvalue weighted by molar-refractivity contribution is 0.0115. The van der Waals surface area contributed by atoms with E-state index in [1.54, 1.807) is 0 Å². The Bertz CT molecular complexity index is 1290. The molecule has 0 saturated carbocycles. The van der Waals surface area contributed by atoms with Crippen molar-refractivity contribution in [1.82, 2.24) is 9.88 Å². The average Bonchev–Trinajstić information content (AvgIpc) is 3.23. The van der Waals surface area contributed by atoms with Crippen LogP contribution in [-0.4, -0.2) is 60.4 Å². The molecule has 0 bridgehead atoms. The predicted molar refractivity (Wildman–Crippen MR) is 134 cm³/mol. The summed E-state index contributed by atoms with van der Waals surface area (Å²) < 4.78 is 5.52. The van der Waals surface area contributed by atoms with Crippen LogP contribution in [-0.2, 0) is 16.6 Å². The molecule has 0 spiro atoms. The number of phenolic OH excluding ortho intramolecular Hbond substituents is 1. The van der Waals surface area contributed by atoms with E-state index >= 15 is 0 Å². The molecule has 0 atom stereocenters. The van der Waals surface area contributed by atoms with Gasteiger partial charge in [0.05, 0.1) is 30.5 Å². The van der Waals surface area contributed by atoms with Crippen molar-refractivity contribution in [3.63, 3.8) is 0 Å². The maximum absolute atomic E-state index is 11.1. The van der Waals surface area contributed by atoms with Crippen LogP contribution >= 0.6 is 0 Å². The fourth-order valence-electron chi connectivity index (χ4n) is 6.38. The van der Waals surface area contributed by atoms with Gasteiger partial charge in [-0.25, -0.2) is 0 Å². The number of rotatable bonds is 2. The number of hydrogen-bond donors (Lipinski definition) is 2. The van der Waals surface area contributed by atoms with Gasteiger partial charge in [-0.2, -0.15) is 5.26 Å². The highest BCUT2D eigenvalue weighted by atomic mass is 16.5. The number of anilines is 1. The highest BCUT2D eigenvalue weighted by Gasteiger charge is 2.37. The monoisotopic (exact) mass is 456 g/mol. The lowest BCUT2D eigenvalue weighted by Crippen LogP contribution is -2.49. The molecule has 6 nitrogen and oxygen atoms in total. The SMILES string of the molecule is CC1(C)c2cc(N3CCC(N4CCOCC4)CC3)c(O)cc2Cc2c1[nH]c1cc(C#N)ccc21. The number of benzene rings is 2. The minimum absolute atomic E-state index is 0.219. The predicted octanol–water partition coefficient (Wildman–Crippen LogP) is 4.28. The quantitative estimate of drug-likeness (QED) is 0.602. The number of hydrogen-bond acceptors (Lipinski definition) is 5. The molecule has 0 amide bonds. The summed E-state index contributed by atoms with van der Waals surface area (Å²) >= 11 is 0. The molecule has 6 heteroatoms. The zero-order valence-corrected chi connectivity index (χ0v) is 20.0. The number of fused-ring (bicyclic) bond motifs is 4. The van der Waals surface area contributed by atoms with Gasteiger partial charge < -0.3 is 19.7 Å². The molecule has 176 valence electrons. The van der Waals surface area contributed by atoms with Crippen LogP contribution in [0.2, 0.25) is 0 Å². The van der Waals surface area contributed by atoms with Crippen molar-refractivity contribution in [2.24, 2.45) is 0 Å². The van der Waals surface area contributed by atoms with E-state index in [1.807, 2.05) is 18.2 Å². The standard InChI is InChI=1S/C28H32N4O2/c1-28(2)23-16-25(32-7-5-20(6-8-32)31-9-11-34-12-10-31)26(33)15-19(23)14-22-21-4-3-18(17-29)13-24(21)30-27(22)28/h3-4,13,15-16,20,30,33H,5-12,14H2,1-2H3. The molecule has 2 aliphatic heterocycles. The van der Waals surface area contributed by atoms with Crippen molar-refractivity contribution in [3.05, 3.63) is 58.3 Å². The van der Waals surface area contributed by atoms with Gasteiger partial charge in [-0.3, -0.25) is 4.90 Å². The van der Waals surface area contributed by atoms with Gasteiger partial charge >= 0.3 is 0 Å². The minimum Gasteiger partial charge on any atom is -0.506 e. The van der Waals surface area contributed by atoms with E-state index in [4.69, 9.17) is 4.74 Å². The third-order valence-electron chi connectivity index (χ3n) is 8.27. The number of aromatic hydroxyl groups is 1. The highest BCUT2D eigenvalue weighted by molar-refractivity contribution is 5.88. The largest absolute Gasteiger partial charge is 0.506 e. The van der Waals surface area contributed by atoms with Crippen molar-refractivity contribution >= 4 is 16.6 Å². The Kier molecular flexibility index (Phi) is 5.09. The van der Waals surface area contributed by atoms with E-state index < -0.39 is 0 Å². The van der Waals surface area contributed by atoms with Gasteiger partial charge in [0.1, 0.15) is 5.75 Å². The molecule has 3 aromatic rings. The molecular weight excluding hydrogens is 424 g/mol. The number of phenols is 1. The minimum atomic E-state index is -0.219. The maximum Gasteiger partial charge on any atom is 0.139 e. The number of nitrogens with zero attached hydrogens (tertiary/aromatic N) is 3. The third-order valence-corrected chi connectivity index (χ3v) is 8.27. The summed E-state index contributed by atoms with van der Waals surface area (Å²) in [6.07, 6.45) is 3.02. The van der Waals surface area contributed by atoms with E-state index in [1.165, 1.54) is 27.8 Å². The second kappa shape index (κ2) is 8.04. The van der Waals surface area contributed by atoms with Crippen LogP contribution in [0.3, 0.4) is 0 Å². The van der Waals surface area contributed by atoms with E-state index in [-0.39, 0.29) is 5.41 Å². The van der Waals surface area contributed by atoms with Gasteiger partial charge in [-0.05, 0) is 53.8 Å². The van der Waals surface area contributed by atoms with Crippen LogP contribution in [0.4, 0.5) is 5.69 Å². The number of nitrogens with one attached hydrogen (secondary N) is 1. The summed E-state index contributed by atoms with van der Waals surface area (Å²) in [4.78, 5) is 8.57. The smallest absolute Gasteiger partial charge is 0.139 e. The first-order chi connectivity index (χ1) is 16.5. The number of nitriles is 1. The first-order valence-corrected chi connectivity index (χ1v) is 12.4. The van der Waals surface area contributed by atoms with Gasteiger partial charge in [0, 0.05) is 60.7 Å². The van der Waals surface area contributed by atoms with E-state index in [2.05, 4.69) is 46.8 Å². The molecule has 1 aliphatic carbocycles. The van der Waals surface area contributed by atoms with Gasteiger partial charge in [-0.1, -0.05) is 19.9 Å². The lowest BCUT2D eigenvalue weighted by Gasteiger charge is -2.41. The Morgan fingerprint density at radius 2 is 1.85 bits per heavy atom. The fourth-order valence-corrected chi connectivity index (χ4v) is 6.38. The van der Waals surface area contributed by atoms with E-state index in [9.17, 15) is 10.4 Å². The fraction of sp³-hybridized carbons (Fsp3) is 0.464. The summed E-state index contributed by atoms with van der Waals surface area (Å²) in [6, 6.07) is 13.0. The lowest BCUT2D eigenvalue weighted by atomic mass is 9.71. The molecule has 6 rings (SSSR count). The number of piperidine rings is 1. The van der Waals surface area contributed by atoms with Crippen LogP contribution < -0.4 is 4.90 Å². The molecule has 3 heterocycles. The van der Waals surface area contributed by atoms with Crippen molar-refractivity contribution in [2.75, 3.05) is 44.3 Å². The third kappa shape index (κ3) is 3.38. The molecule has 34 heavy (non-hydrogen) atoms. The molecular formula is C28H32N4O2. The summed E-state index contributed by atoms with van der Waals surface area (Å²) in [5.74, 6) is 0.384. The highest BCUT2D eigenvalue weighted by Crippen LogP contribution is 2.47. The zero-order valence-electron chi connectivity index (χ0n) is 20.0. The van der Waals surface area contributed by atoms with Crippen molar-refractivity contribution in [2.45, 2.75) is 44.6 Å². The Labute approximate surface area is 200 Å². The number of morpholine rings is 1. The normalized spacial score (nSPS) is 20.7. The van der Waals surface area contributed by atoms with Crippen LogP contribution in [0.25, 0.3) is 10.9 Å². The number of ether oxygens (including phenoxy) is 1. The Morgan fingerprint density at radius 3 is 2.59 bits per heavy atom. The number of H-pyrrole nitrogens is 1. The first-order valence-electron chi connectivity index (χ1n) is 12.4. The molecule has 0 unspecified atom stereocenters. The molecule has 2 aromatic carbocycles. The van der Waals surface area contributed by atoms with Crippen molar-refractivity contribution < 1.29 is 9.84 Å². The zero-order chi connectivity index (χ0) is 23.4. The van der Waals surface area contributed by atoms with Crippen LogP contribution in [0.5, 0.6) is 5.75 Å². The van der Waals surface area contributed by atoms with Gasteiger partial charge in [0.25, 0.3) is 0 Å². The summed E-state index contributed by atoms with van der Waals surface area (Å²) in [5, 5.41) is 21.6. The molecule has 2 saturated heterocycles.